The highest BCUT2D eigenvalue weighted by Crippen LogP contribution is 2.38. The van der Waals surface area contributed by atoms with Gasteiger partial charge in [0.1, 0.15) is 7.85 Å². The largest absolute Gasteiger partial charge is 0.435 e. The zero-order valence-corrected chi connectivity index (χ0v) is 14.0. The van der Waals surface area contributed by atoms with Crippen molar-refractivity contribution in [2.45, 2.75) is 26.2 Å². The second-order valence-electron chi connectivity index (χ2n) is 7.12. The Hall–Kier alpha value is -2.43. The van der Waals surface area contributed by atoms with E-state index in [4.69, 9.17) is 4.42 Å². The molecule has 23 heavy (non-hydrogen) atoms. The lowest BCUT2D eigenvalue weighted by atomic mass is 9.80. The number of benzene rings is 1. The van der Waals surface area contributed by atoms with E-state index in [0.29, 0.717) is 5.71 Å². The molecule has 0 atom stereocenters. The van der Waals surface area contributed by atoms with Gasteiger partial charge >= 0.3 is 0 Å². The van der Waals surface area contributed by atoms with Gasteiger partial charge in [-0.25, -0.2) is 4.98 Å². The Bertz CT molecular complexity index is 923. The zero-order valence-electron chi connectivity index (χ0n) is 14.0. The van der Waals surface area contributed by atoms with Crippen LogP contribution in [-0.2, 0) is 0 Å². The summed E-state index contributed by atoms with van der Waals surface area (Å²) >= 11 is 0. The molecule has 5 heteroatoms. The summed E-state index contributed by atoms with van der Waals surface area (Å²) in [6, 6.07) is 8.30. The van der Waals surface area contributed by atoms with E-state index < -0.39 is 0 Å². The molecule has 0 bridgehead atoms. The third kappa shape index (κ3) is 2.19. The molecule has 3 heterocycles. The van der Waals surface area contributed by atoms with Gasteiger partial charge in [0.05, 0.1) is 12.4 Å². The first kappa shape index (κ1) is 14.2. The van der Waals surface area contributed by atoms with Crippen LogP contribution in [0.25, 0.3) is 22.1 Å². The van der Waals surface area contributed by atoms with Crippen molar-refractivity contribution in [2.75, 3.05) is 11.6 Å². The van der Waals surface area contributed by atoms with Crippen LogP contribution < -0.4 is 4.90 Å². The van der Waals surface area contributed by atoms with Gasteiger partial charge in [0.25, 0.3) is 0 Å². The second kappa shape index (κ2) is 4.78. The maximum absolute atomic E-state index is 6.09. The van der Waals surface area contributed by atoms with Crippen LogP contribution in [0.1, 0.15) is 19.4 Å². The van der Waals surface area contributed by atoms with E-state index in [2.05, 4.69) is 74.0 Å². The Kier molecular flexibility index (Phi) is 2.95. The van der Waals surface area contributed by atoms with E-state index in [0.717, 1.165) is 28.7 Å². The third-order valence-corrected chi connectivity index (χ3v) is 4.47. The Balaban J connectivity index is 1.87. The van der Waals surface area contributed by atoms with E-state index in [-0.39, 0.29) is 5.44 Å². The smallest absolute Gasteiger partial charge is 0.227 e. The first-order valence-corrected chi connectivity index (χ1v) is 7.94. The van der Waals surface area contributed by atoms with Crippen molar-refractivity contribution >= 4 is 35.6 Å². The molecule has 0 unspecified atom stereocenters. The molecule has 2 aromatic heterocycles. The van der Waals surface area contributed by atoms with Gasteiger partial charge < -0.3 is 14.2 Å². The summed E-state index contributed by atoms with van der Waals surface area (Å²) in [6.45, 7) is 7.40. The molecule has 0 fully saturated rings. The van der Waals surface area contributed by atoms with Crippen LogP contribution in [0.5, 0.6) is 0 Å². The maximum Gasteiger partial charge on any atom is 0.227 e. The fraction of sp³-hybridized carbons (Fsp3) is 0.278. The van der Waals surface area contributed by atoms with Crippen molar-refractivity contribution in [3.63, 3.8) is 0 Å². The molecule has 0 radical (unpaired) electrons. The molecule has 0 saturated heterocycles. The number of hydrogen-bond donors (Lipinski definition) is 0. The van der Waals surface area contributed by atoms with Gasteiger partial charge in [-0.3, -0.25) is 0 Å². The van der Waals surface area contributed by atoms with E-state index in [1.165, 1.54) is 5.56 Å². The van der Waals surface area contributed by atoms with Gasteiger partial charge in [-0.05, 0) is 38.5 Å². The van der Waals surface area contributed by atoms with Crippen LogP contribution in [-0.4, -0.2) is 29.8 Å². The van der Waals surface area contributed by atoms with Crippen LogP contribution in [0.2, 0.25) is 0 Å². The highest BCUT2D eigenvalue weighted by molar-refractivity contribution is 6.14. The lowest BCUT2D eigenvalue weighted by Gasteiger charge is -2.33. The first-order chi connectivity index (χ1) is 10.9. The normalized spacial score (nSPS) is 15.3. The first-order valence-electron chi connectivity index (χ1n) is 7.94. The summed E-state index contributed by atoms with van der Waals surface area (Å²) < 4.78 is 6.09. The molecular weight excluding hydrogens is 285 g/mol. The molecule has 0 aliphatic carbocycles. The zero-order chi connectivity index (χ0) is 16.2. The van der Waals surface area contributed by atoms with Gasteiger partial charge in [-0.1, -0.05) is 12.1 Å². The van der Waals surface area contributed by atoms with Gasteiger partial charge in [0.15, 0.2) is 5.58 Å². The minimum absolute atomic E-state index is 0.0997. The van der Waals surface area contributed by atoms with Crippen molar-refractivity contribution in [3.05, 3.63) is 48.4 Å². The van der Waals surface area contributed by atoms with Gasteiger partial charge in [-0.15, -0.1) is 0 Å². The van der Waals surface area contributed by atoms with Crippen LogP contribution in [0, 0.1) is 6.92 Å². The van der Waals surface area contributed by atoms with Crippen molar-refractivity contribution < 1.29 is 4.42 Å². The lowest BCUT2D eigenvalue weighted by molar-refractivity contribution is 0.293. The standard InChI is InChI=1S/C18H20BN3O/c1-12-6-7-13-14-5-4-8-20-17(14)23-16(13)15(12)21-9-10-22(11-21)18(2,3)19/h4-10H,11,19H2,1-3H3. The predicted octanol–water partition coefficient (Wildman–Crippen LogP) is 3.21. The van der Waals surface area contributed by atoms with E-state index >= 15 is 0 Å². The van der Waals surface area contributed by atoms with Crippen LogP contribution in [0.4, 0.5) is 5.69 Å². The topological polar surface area (TPSA) is 32.5 Å². The number of aryl methyl sites for hydroxylation is 1. The van der Waals surface area contributed by atoms with Gasteiger partial charge in [0, 0.05) is 34.8 Å². The predicted molar refractivity (Wildman–Crippen MR) is 97.2 cm³/mol. The molecule has 0 amide bonds. The summed E-state index contributed by atoms with van der Waals surface area (Å²) in [6.07, 6.45) is 6.06. The average Bonchev–Trinajstić information content (AvgIpc) is 3.10. The molecule has 4 nitrogen and oxygen atoms in total. The van der Waals surface area contributed by atoms with Crippen molar-refractivity contribution in [1.29, 1.82) is 0 Å². The molecular formula is C18H20BN3O. The second-order valence-corrected chi connectivity index (χ2v) is 7.12. The SMILES string of the molecule is BC(C)(C)N1C=CN(c2c(C)ccc3c2oc2ncccc23)C1. The Morgan fingerprint density at radius 1 is 1.17 bits per heavy atom. The molecule has 4 rings (SSSR count). The Labute approximate surface area is 136 Å². The minimum Gasteiger partial charge on any atom is -0.435 e. The number of anilines is 1. The number of pyridine rings is 1. The minimum atomic E-state index is 0.0997. The number of furan rings is 1. The number of aromatic nitrogens is 1. The fourth-order valence-electron chi connectivity index (χ4n) is 3.12. The molecule has 1 aromatic carbocycles. The lowest BCUT2D eigenvalue weighted by Crippen LogP contribution is -2.42. The van der Waals surface area contributed by atoms with Crippen molar-refractivity contribution in [2.24, 2.45) is 0 Å². The van der Waals surface area contributed by atoms with Crippen molar-refractivity contribution in [1.82, 2.24) is 9.88 Å². The quantitative estimate of drug-likeness (QED) is 0.681. The Morgan fingerprint density at radius 3 is 2.74 bits per heavy atom. The molecule has 116 valence electrons. The molecule has 3 aromatic rings. The molecule has 1 aliphatic heterocycles. The molecule has 0 spiro atoms. The van der Waals surface area contributed by atoms with E-state index in [1.807, 2.05) is 6.07 Å². The summed E-state index contributed by atoms with van der Waals surface area (Å²) in [7, 11) is 2.22. The van der Waals surface area contributed by atoms with Crippen LogP contribution in [0.15, 0.2) is 47.3 Å². The monoisotopic (exact) mass is 305 g/mol. The third-order valence-electron chi connectivity index (χ3n) is 4.47. The molecule has 1 aliphatic rings. The van der Waals surface area contributed by atoms with Crippen LogP contribution >= 0.6 is 0 Å². The molecule has 0 saturated carbocycles. The number of hydrogen-bond acceptors (Lipinski definition) is 4. The summed E-state index contributed by atoms with van der Waals surface area (Å²) in [5, 5.41) is 2.19. The summed E-state index contributed by atoms with van der Waals surface area (Å²) in [5.41, 5.74) is 4.05. The molecule has 0 N–H and O–H groups in total. The summed E-state index contributed by atoms with van der Waals surface area (Å²) in [5.74, 6) is 0. The maximum atomic E-state index is 6.09. The summed E-state index contributed by atoms with van der Waals surface area (Å²) in [4.78, 5) is 8.94. The van der Waals surface area contributed by atoms with E-state index in [1.54, 1.807) is 6.20 Å². The number of rotatable bonds is 2. The van der Waals surface area contributed by atoms with Crippen LogP contribution in [0.3, 0.4) is 0 Å². The highest BCUT2D eigenvalue weighted by atomic mass is 16.3. The number of nitrogens with zero attached hydrogens (tertiary/aromatic N) is 3. The average molecular weight is 305 g/mol. The van der Waals surface area contributed by atoms with Gasteiger partial charge in [0.2, 0.25) is 5.71 Å². The highest BCUT2D eigenvalue weighted by Gasteiger charge is 2.26. The van der Waals surface area contributed by atoms with Crippen molar-refractivity contribution in [3.8, 4) is 0 Å². The number of fused-ring (bicyclic) bond motifs is 3. The van der Waals surface area contributed by atoms with E-state index in [9.17, 15) is 0 Å². The van der Waals surface area contributed by atoms with Gasteiger partial charge in [-0.2, -0.15) is 0 Å². The fourth-order valence-corrected chi connectivity index (χ4v) is 3.12. The Morgan fingerprint density at radius 2 is 2.00 bits per heavy atom.